The highest BCUT2D eigenvalue weighted by Crippen LogP contribution is 2.12. The van der Waals surface area contributed by atoms with Gasteiger partial charge in [-0.3, -0.25) is 4.90 Å². The Kier molecular flexibility index (Phi) is 5.82. The first kappa shape index (κ1) is 14.5. The number of ether oxygens (including phenoxy) is 1. The number of nitrogens with one attached hydrogen (secondary N) is 1. The molecule has 1 atom stereocenters. The molecule has 2 rings (SSSR count). The van der Waals surface area contributed by atoms with Gasteiger partial charge in [0.05, 0.1) is 5.69 Å². The number of piperidine rings is 1. The van der Waals surface area contributed by atoms with Crippen LogP contribution in [0.1, 0.15) is 37.6 Å². The maximum atomic E-state index is 5.22. The van der Waals surface area contributed by atoms with Gasteiger partial charge in [-0.25, -0.2) is 0 Å². The third-order valence-corrected chi connectivity index (χ3v) is 3.62. The van der Waals surface area contributed by atoms with Gasteiger partial charge in [0.2, 0.25) is 0 Å². The Morgan fingerprint density at radius 2 is 2.42 bits per heavy atom. The van der Waals surface area contributed by atoms with Crippen molar-refractivity contribution < 1.29 is 9.26 Å². The van der Waals surface area contributed by atoms with Gasteiger partial charge in [0.1, 0.15) is 6.61 Å². The zero-order valence-corrected chi connectivity index (χ0v) is 12.0. The van der Waals surface area contributed by atoms with Crippen molar-refractivity contribution in [3.63, 3.8) is 0 Å². The minimum Gasteiger partial charge on any atom is -0.377 e. The van der Waals surface area contributed by atoms with E-state index in [1.807, 2.05) is 6.07 Å². The van der Waals surface area contributed by atoms with Crippen molar-refractivity contribution in [2.24, 2.45) is 0 Å². The summed E-state index contributed by atoms with van der Waals surface area (Å²) in [6.45, 7) is 6.81. The second-order valence-corrected chi connectivity index (χ2v) is 5.19. The molecule has 1 aliphatic rings. The van der Waals surface area contributed by atoms with E-state index >= 15 is 0 Å². The van der Waals surface area contributed by atoms with Gasteiger partial charge in [0.25, 0.3) is 0 Å². The van der Waals surface area contributed by atoms with Gasteiger partial charge < -0.3 is 14.6 Å². The van der Waals surface area contributed by atoms with Crippen LogP contribution in [0.15, 0.2) is 10.6 Å². The largest absolute Gasteiger partial charge is 0.377 e. The normalized spacial score (nSPS) is 20.1. The number of hydrogen-bond donors (Lipinski definition) is 1. The second kappa shape index (κ2) is 7.62. The van der Waals surface area contributed by atoms with Crippen LogP contribution >= 0.6 is 0 Å². The molecule has 0 aliphatic carbocycles. The lowest BCUT2D eigenvalue weighted by Gasteiger charge is -2.29. The Balaban J connectivity index is 1.83. The Bertz CT molecular complexity index is 361. The van der Waals surface area contributed by atoms with Crippen molar-refractivity contribution >= 4 is 0 Å². The van der Waals surface area contributed by atoms with Gasteiger partial charge >= 0.3 is 0 Å². The summed E-state index contributed by atoms with van der Waals surface area (Å²) in [4.78, 5) is 2.41. The molecule has 0 spiro atoms. The molecule has 0 aromatic carbocycles. The molecule has 19 heavy (non-hydrogen) atoms. The van der Waals surface area contributed by atoms with Crippen molar-refractivity contribution in [3.05, 3.63) is 17.5 Å². The number of likely N-dealkylation sites (N-methyl/N-ethyl adjacent to an activating group) is 1. The van der Waals surface area contributed by atoms with Crippen molar-refractivity contribution in [1.29, 1.82) is 0 Å². The Labute approximate surface area is 115 Å². The topological polar surface area (TPSA) is 50.5 Å². The van der Waals surface area contributed by atoms with Crippen molar-refractivity contribution in [3.8, 4) is 0 Å². The molecular formula is C14H25N3O2. The molecule has 5 nitrogen and oxygen atoms in total. The summed E-state index contributed by atoms with van der Waals surface area (Å²) in [5.41, 5.74) is 0.990. The number of aromatic nitrogens is 1. The highest BCUT2D eigenvalue weighted by molar-refractivity contribution is 5.04. The summed E-state index contributed by atoms with van der Waals surface area (Å²) in [5.74, 6) is 0.796. The summed E-state index contributed by atoms with van der Waals surface area (Å²) in [6.07, 6.45) is 3.94. The number of rotatable bonds is 7. The molecular weight excluding hydrogens is 242 g/mol. The minimum atomic E-state index is 0.489. The lowest BCUT2D eigenvalue weighted by molar-refractivity contribution is 0.155. The van der Waals surface area contributed by atoms with Crippen LogP contribution in [0, 0.1) is 0 Å². The van der Waals surface area contributed by atoms with Gasteiger partial charge in [-0.1, -0.05) is 18.5 Å². The first-order valence-corrected chi connectivity index (χ1v) is 7.21. The molecule has 0 radical (unpaired) electrons. The molecule has 1 fully saturated rings. The molecule has 1 unspecified atom stereocenters. The third kappa shape index (κ3) is 4.60. The first-order chi connectivity index (χ1) is 9.31. The molecule has 0 saturated carbocycles. The van der Waals surface area contributed by atoms with Crippen LogP contribution in [0.4, 0.5) is 0 Å². The van der Waals surface area contributed by atoms with Crippen molar-refractivity contribution in [2.75, 3.05) is 26.7 Å². The van der Waals surface area contributed by atoms with Crippen LogP contribution in [0.3, 0.4) is 0 Å². The van der Waals surface area contributed by atoms with E-state index in [1.165, 1.54) is 19.3 Å². The predicted octanol–water partition coefficient (Wildman–Crippen LogP) is 1.79. The van der Waals surface area contributed by atoms with Gasteiger partial charge in [0.15, 0.2) is 5.76 Å². The first-order valence-electron chi connectivity index (χ1n) is 7.21. The molecule has 1 saturated heterocycles. The van der Waals surface area contributed by atoms with E-state index in [0.717, 1.165) is 37.6 Å². The van der Waals surface area contributed by atoms with Crippen LogP contribution in [0.2, 0.25) is 0 Å². The summed E-state index contributed by atoms with van der Waals surface area (Å²) < 4.78 is 10.3. The fourth-order valence-electron chi connectivity index (χ4n) is 2.57. The SMILES string of the molecule is CCN(Cc1cc(COC)on1)CC1CCCCN1. The third-order valence-electron chi connectivity index (χ3n) is 3.62. The molecule has 2 heterocycles. The average Bonchev–Trinajstić information content (AvgIpc) is 2.87. The van der Waals surface area contributed by atoms with Gasteiger partial charge in [-0.2, -0.15) is 0 Å². The van der Waals surface area contributed by atoms with Crippen LogP contribution < -0.4 is 5.32 Å². The molecule has 1 aromatic heterocycles. The van der Waals surface area contributed by atoms with E-state index in [9.17, 15) is 0 Å². The Hall–Kier alpha value is -0.910. The zero-order chi connectivity index (χ0) is 13.5. The minimum absolute atomic E-state index is 0.489. The molecule has 1 N–H and O–H groups in total. The van der Waals surface area contributed by atoms with Crippen LogP contribution in [-0.2, 0) is 17.9 Å². The van der Waals surface area contributed by atoms with Crippen LogP contribution in [0.25, 0.3) is 0 Å². The molecule has 1 aromatic rings. The highest BCUT2D eigenvalue weighted by atomic mass is 16.5. The lowest BCUT2D eigenvalue weighted by atomic mass is 10.0. The van der Waals surface area contributed by atoms with Crippen molar-refractivity contribution in [1.82, 2.24) is 15.4 Å². The lowest BCUT2D eigenvalue weighted by Crippen LogP contribution is -2.43. The summed E-state index contributed by atoms with van der Waals surface area (Å²) in [5, 5.41) is 7.69. The number of hydrogen-bond acceptors (Lipinski definition) is 5. The fraction of sp³-hybridized carbons (Fsp3) is 0.786. The molecule has 0 bridgehead atoms. The Morgan fingerprint density at radius 3 is 3.11 bits per heavy atom. The van der Waals surface area contributed by atoms with Crippen LogP contribution in [-0.4, -0.2) is 42.8 Å². The van der Waals surface area contributed by atoms with E-state index in [4.69, 9.17) is 9.26 Å². The number of methoxy groups -OCH3 is 1. The van der Waals surface area contributed by atoms with Crippen molar-refractivity contribution in [2.45, 2.75) is 45.4 Å². The van der Waals surface area contributed by atoms with E-state index in [0.29, 0.717) is 12.6 Å². The van der Waals surface area contributed by atoms with E-state index < -0.39 is 0 Å². The monoisotopic (exact) mass is 267 g/mol. The summed E-state index contributed by atoms with van der Waals surface area (Å²) >= 11 is 0. The quantitative estimate of drug-likeness (QED) is 0.816. The van der Waals surface area contributed by atoms with Gasteiger partial charge in [-0.15, -0.1) is 0 Å². The van der Waals surface area contributed by atoms with Gasteiger partial charge in [-0.05, 0) is 25.9 Å². The number of nitrogens with zero attached hydrogens (tertiary/aromatic N) is 2. The second-order valence-electron chi connectivity index (χ2n) is 5.19. The average molecular weight is 267 g/mol. The van der Waals surface area contributed by atoms with Gasteiger partial charge in [0, 0.05) is 32.3 Å². The summed E-state index contributed by atoms with van der Waals surface area (Å²) in [6, 6.07) is 2.61. The highest BCUT2D eigenvalue weighted by Gasteiger charge is 2.17. The van der Waals surface area contributed by atoms with E-state index in [-0.39, 0.29) is 0 Å². The maximum Gasteiger partial charge on any atom is 0.162 e. The zero-order valence-electron chi connectivity index (χ0n) is 12.0. The standard InChI is InChI=1S/C14H25N3O2/c1-3-17(9-12-6-4-5-7-15-12)10-13-8-14(11-18-2)19-16-13/h8,12,15H,3-7,9-11H2,1-2H3. The maximum absolute atomic E-state index is 5.22. The van der Waals surface area contributed by atoms with E-state index in [2.05, 4.69) is 22.3 Å². The molecule has 0 amide bonds. The predicted molar refractivity (Wildman–Crippen MR) is 73.8 cm³/mol. The van der Waals surface area contributed by atoms with E-state index in [1.54, 1.807) is 7.11 Å². The fourth-order valence-corrected chi connectivity index (χ4v) is 2.57. The Morgan fingerprint density at radius 1 is 1.53 bits per heavy atom. The molecule has 5 heteroatoms. The summed E-state index contributed by atoms with van der Waals surface area (Å²) in [7, 11) is 1.66. The smallest absolute Gasteiger partial charge is 0.162 e. The van der Waals surface area contributed by atoms with Crippen LogP contribution in [0.5, 0.6) is 0 Å². The molecule has 1 aliphatic heterocycles. The molecule has 108 valence electrons.